The SMILES string of the molecule is Cc1ccccc1C(=O)O[C@@H]1S[C@@H](n2cnc3c(Cl)ncnc32)[C@H](OC(=O)c2ccccc2)[C@@H]1F. The van der Waals surface area contributed by atoms with Crippen LogP contribution in [0.5, 0.6) is 0 Å². The number of benzene rings is 2. The Bertz CT molecular complexity index is 1400. The van der Waals surface area contributed by atoms with Gasteiger partial charge in [0, 0.05) is 0 Å². The van der Waals surface area contributed by atoms with E-state index in [0.717, 1.165) is 11.8 Å². The van der Waals surface area contributed by atoms with Crippen molar-refractivity contribution >= 4 is 46.5 Å². The number of hydrogen-bond acceptors (Lipinski definition) is 8. The highest BCUT2D eigenvalue weighted by atomic mass is 35.5. The number of carbonyl (C=O) groups is 2. The molecule has 178 valence electrons. The molecule has 11 heteroatoms. The Morgan fingerprint density at radius 3 is 2.51 bits per heavy atom. The molecule has 1 fully saturated rings. The van der Waals surface area contributed by atoms with Crippen molar-refractivity contribution in [2.45, 2.75) is 30.0 Å². The van der Waals surface area contributed by atoms with E-state index >= 15 is 4.39 Å². The van der Waals surface area contributed by atoms with E-state index in [4.69, 9.17) is 21.1 Å². The molecule has 2 aromatic heterocycles. The standard InChI is InChI=1S/C24H18ClFN4O4S/c1-13-7-5-6-10-15(13)23(32)34-24-16(26)18(33-22(31)14-8-3-2-4-9-14)21(35-24)30-12-29-17-19(25)27-11-28-20(17)30/h2-12,16,18,21,24H,1H3/t16-,18+,21+,24+/m0/s1. The number of imidazole rings is 1. The molecule has 1 aliphatic rings. The Balaban J connectivity index is 1.47. The Labute approximate surface area is 208 Å². The molecule has 1 aliphatic heterocycles. The van der Waals surface area contributed by atoms with Crippen LogP contribution in [0.25, 0.3) is 11.2 Å². The average Bonchev–Trinajstić information content (AvgIpc) is 3.42. The highest BCUT2D eigenvalue weighted by Gasteiger charge is 2.51. The van der Waals surface area contributed by atoms with Crippen LogP contribution in [0.4, 0.5) is 4.39 Å². The first kappa shape index (κ1) is 23.3. The second-order valence-electron chi connectivity index (χ2n) is 7.78. The molecule has 0 unspecified atom stereocenters. The van der Waals surface area contributed by atoms with Crippen molar-refractivity contribution in [3.05, 3.63) is 89.1 Å². The Kier molecular flexibility index (Phi) is 6.40. The van der Waals surface area contributed by atoms with Gasteiger partial charge in [-0.15, -0.1) is 0 Å². The largest absolute Gasteiger partial charge is 0.452 e. The summed E-state index contributed by atoms with van der Waals surface area (Å²) in [4.78, 5) is 37.9. The molecule has 0 amide bonds. The number of aromatic nitrogens is 4. The lowest BCUT2D eigenvalue weighted by Crippen LogP contribution is -2.34. The van der Waals surface area contributed by atoms with Gasteiger partial charge in [-0.25, -0.2) is 28.9 Å². The van der Waals surface area contributed by atoms with Crippen molar-refractivity contribution in [2.75, 3.05) is 0 Å². The van der Waals surface area contributed by atoms with Gasteiger partial charge in [0.1, 0.15) is 17.2 Å². The Morgan fingerprint density at radius 2 is 1.74 bits per heavy atom. The van der Waals surface area contributed by atoms with Crippen LogP contribution < -0.4 is 0 Å². The molecule has 1 saturated heterocycles. The minimum Gasteiger partial charge on any atom is -0.452 e. The molecular formula is C24H18ClFN4O4S. The van der Waals surface area contributed by atoms with Crippen molar-refractivity contribution in [3.8, 4) is 0 Å². The van der Waals surface area contributed by atoms with Crippen LogP contribution in [0.1, 0.15) is 31.7 Å². The predicted octanol–water partition coefficient (Wildman–Crippen LogP) is 4.78. The smallest absolute Gasteiger partial charge is 0.339 e. The summed E-state index contributed by atoms with van der Waals surface area (Å²) in [5.41, 5.74) is 0.709. The average molecular weight is 513 g/mol. The summed E-state index contributed by atoms with van der Waals surface area (Å²) >= 11 is 7.12. The Morgan fingerprint density at radius 1 is 1.00 bits per heavy atom. The van der Waals surface area contributed by atoms with Crippen molar-refractivity contribution < 1.29 is 23.5 Å². The minimum absolute atomic E-state index is 0.133. The van der Waals surface area contributed by atoms with Gasteiger partial charge in [0.05, 0.1) is 17.5 Å². The van der Waals surface area contributed by atoms with Crippen LogP contribution in [-0.2, 0) is 9.47 Å². The molecule has 2 aromatic carbocycles. The van der Waals surface area contributed by atoms with Crippen molar-refractivity contribution in [3.63, 3.8) is 0 Å². The van der Waals surface area contributed by atoms with E-state index in [1.54, 1.807) is 66.1 Å². The number of halogens is 2. The quantitative estimate of drug-likeness (QED) is 0.278. The summed E-state index contributed by atoms with van der Waals surface area (Å²) < 4.78 is 28.5. The second-order valence-corrected chi connectivity index (χ2v) is 9.36. The third-order valence-corrected chi connectivity index (χ3v) is 7.23. The number of thioether (sulfide) groups is 1. The molecular weight excluding hydrogens is 495 g/mol. The number of nitrogens with zero attached hydrogens (tertiary/aromatic N) is 4. The number of esters is 2. The van der Waals surface area contributed by atoms with Crippen LogP contribution in [0.15, 0.2) is 67.3 Å². The van der Waals surface area contributed by atoms with E-state index in [0.29, 0.717) is 22.3 Å². The first-order valence-electron chi connectivity index (χ1n) is 10.6. The van der Waals surface area contributed by atoms with E-state index in [9.17, 15) is 9.59 Å². The molecule has 3 heterocycles. The zero-order valence-corrected chi connectivity index (χ0v) is 19.8. The summed E-state index contributed by atoms with van der Waals surface area (Å²) in [6.45, 7) is 1.76. The summed E-state index contributed by atoms with van der Waals surface area (Å²) in [6.07, 6.45) is -0.436. The number of ether oxygens (including phenoxy) is 2. The lowest BCUT2D eigenvalue weighted by atomic mass is 10.1. The maximum atomic E-state index is 15.8. The molecule has 4 aromatic rings. The highest BCUT2D eigenvalue weighted by Crippen LogP contribution is 2.47. The Hall–Kier alpha value is -3.50. The zero-order valence-electron chi connectivity index (χ0n) is 18.2. The lowest BCUT2D eigenvalue weighted by molar-refractivity contribution is -0.0185. The maximum Gasteiger partial charge on any atom is 0.339 e. The van der Waals surface area contributed by atoms with Gasteiger partial charge in [-0.2, -0.15) is 0 Å². The number of fused-ring (bicyclic) bond motifs is 1. The van der Waals surface area contributed by atoms with E-state index in [-0.39, 0.29) is 10.7 Å². The fourth-order valence-electron chi connectivity index (χ4n) is 3.79. The zero-order chi connectivity index (χ0) is 24.5. The number of hydrogen-bond donors (Lipinski definition) is 0. The van der Waals surface area contributed by atoms with E-state index in [1.807, 2.05) is 0 Å². The van der Waals surface area contributed by atoms with Crippen LogP contribution in [0.3, 0.4) is 0 Å². The van der Waals surface area contributed by atoms with Crippen LogP contribution >= 0.6 is 23.4 Å². The van der Waals surface area contributed by atoms with Gasteiger partial charge in [0.15, 0.2) is 28.5 Å². The van der Waals surface area contributed by atoms with Crippen LogP contribution in [0, 0.1) is 6.92 Å². The lowest BCUT2D eigenvalue weighted by Gasteiger charge is -2.21. The van der Waals surface area contributed by atoms with Gasteiger partial charge in [0.2, 0.25) is 0 Å². The number of aryl methyl sites for hydroxylation is 1. The summed E-state index contributed by atoms with van der Waals surface area (Å²) in [5.74, 6) is -1.37. The third kappa shape index (κ3) is 4.46. The minimum atomic E-state index is -1.82. The van der Waals surface area contributed by atoms with Gasteiger partial charge in [-0.05, 0) is 30.7 Å². The number of carbonyl (C=O) groups excluding carboxylic acids is 2. The maximum absolute atomic E-state index is 15.8. The summed E-state index contributed by atoms with van der Waals surface area (Å²) in [6, 6.07) is 15.1. The molecule has 0 aliphatic carbocycles. The van der Waals surface area contributed by atoms with Crippen LogP contribution in [-0.4, -0.2) is 49.2 Å². The summed E-state index contributed by atoms with van der Waals surface area (Å²) in [7, 11) is 0. The molecule has 0 spiro atoms. The third-order valence-electron chi connectivity index (χ3n) is 5.56. The topological polar surface area (TPSA) is 96.2 Å². The summed E-state index contributed by atoms with van der Waals surface area (Å²) in [5, 5.41) is -0.697. The van der Waals surface area contributed by atoms with E-state index in [1.165, 1.54) is 12.7 Å². The van der Waals surface area contributed by atoms with E-state index in [2.05, 4.69) is 15.0 Å². The second kappa shape index (κ2) is 9.63. The number of alkyl halides is 1. The van der Waals surface area contributed by atoms with Crippen molar-refractivity contribution in [1.29, 1.82) is 0 Å². The molecule has 35 heavy (non-hydrogen) atoms. The van der Waals surface area contributed by atoms with Crippen molar-refractivity contribution in [1.82, 2.24) is 19.5 Å². The van der Waals surface area contributed by atoms with Crippen LogP contribution in [0.2, 0.25) is 5.15 Å². The normalized spacial score (nSPS) is 21.7. The molecule has 8 nitrogen and oxygen atoms in total. The monoisotopic (exact) mass is 512 g/mol. The van der Waals surface area contributed by atoms with Crippen molar-refractivity contribution in [2.24, 2.45) is 0 Å². The fraction of sp³-hybridized carbons (Fsp3) is 0.208. The molecule has 0 N–H and O–H groups in total. The van der Waals surface area contributed by atoms with E-state index < -0.39 is 35.0 Å². The van der Waals surface area contributed by atoms with Gasteiger partial charge in [0.25, 0.3) is 0 Å². The molecule has 0 radical (unpaired) electrons. The highest BCUT2D eigenvalue weighted by molar-refractivity contribution is 8.00. The van der Waals surface area contributed by atoms with Gasteiger partial charge in [-0.1, -0.05) is 59.8 Å². The van der Waals surface area contributed by atoms with Gasteiger partial charge < -0.3 is 9.47 Å². The van der Waals surface area contributed by atoms with Gasteiger partial charge in [-0.3, -0.25) is 4.57 Å². The molecule has 0 bridgehead atoms. The molecule has 4 atom stereocenters. The first-order chi connectivity index (χ1) is 16.9. The predicted molar refractivity (Wildman–Crippen MR) is 128 cm³/mol. The fourth-order valence-corrected chi connectivity index (χ4v) is 5.33. The molecule has 5 rings (SSSR count). The van der Waals surface area contributed by atoms with Gasteiger partial charge >= 0.3 is 11.9 Å². The number of rotatable bonds is 5. The first-order valence-corrected chi connectivity index (χ1v) is 11.9. The molecule has 0 saturated carbocycles.